The van der Waals surface area contributed by atoms with Crippen LogP contribution in [0.15, 0.2) is 30.3 Å². The van der Waals surface area contributed by atoms with Crippen molar-refractivity contribution in [3.05, 3.63) is 41.9 Å². The monoisotopic (exact) mass is 355 g/mol. The zero-order valence-electron chi connectivity index (χ0n) is 15.5. The fourth-order valence-electron chi connectivity index (χ4n) is 3.25. The van der Waals surface area contributed by atoms with Gasteiger partial charge in [0.15, 0.2) is 0 Å². The van der Waals surface area contributed by atoms with Gasteiger partial charge in [0.25, 0.3) is 0 Å². The molecule has 0 unspecified atom stereocenters. The molecule has 3 rings (SSSR count). The number of piperazine rings is 1. The van der Waals surface area contributed by atoms with Crippen LogP contribution in [0.1, 0.15) is 18.4 Å². The molecule has 2 aromatic rings. The van der Waals surface area contributed by atoms with E-state index in [1.807, 2.05) is 49.1 Å². The highest BCUT2D eigenvalue weighted by molar-refractivity contribution is 6.00. The first-order valence-corrected chi connectivity index (χ1v) is 8.80. The molecule has 1 atom stereocenters. The van der Waals surface area contributed by atoms with Crippen LogP contribution in [-0.4, -0.2) is 48.7 Å². The van der Waals surface area contributed by atoms with Crippen molar-refractivity contribution in [1.82, 2.24) is 9.97 Å². The summed E-state index contributed by atoms with van der Waals surface area (Å²) in [5.41, 5.74) is 7.41. The minimum atomic E-state index is -0.310. The van der Waals surface area contributed by atoms with Crippen molar-refractivity contribution in [2.24, 2.45) is 5.73 Å². The number of hydrogen-bond acceptors (Lipinski definition) is 6. The van der Waals surface area contributed by atoms with Gasteiger partial charge < -0.3 is 20.3 Å². The lowest BCUT2D eigenvalue weighted by Gasteiger charge is -2.40. The highest BCUT2D eigenvalue weighted by Crippen LogP contribution is 2.26. The quantitative estimate of drug-likeness (QED) is 0.876. The number of nitrogens with zero attached hydrogens (tertiary/aromatic N) is 4. The standard InChI is InChI=1S/C19H25N5O2/c1-13-19(25)24(16-5-4-6-17(12-16)26-3)10-9-23(13)18-11-15(7-8-20)21-14(2)22-18/h4-6,11-13H,7-10,20H2,1-3H3/t13-/m1/s1. The number of carbonyl (C=O) groups excluding carboxylic acids is 1. The highest BCUT2D eigenvalue weighted by Gasteiger charge is 2.33. The minimum absolute atomic E-state index is 0.0427. The van der Waals surface area contributed by atoms with Crippen LogP contribution >= 0.6 is 0 Å². The Hall–Kier alpha value is -2.67. The normalized spacial score (nSPS) is 17.5. The van der Waals surface area contributed by atoms with E-state index in [0.29, 0.717) is 31.9 Å². The van der Waals surface area contributed by atoms with E-state index in [-0.39, 0.29) is 11.9 Å². The van der Waals surface area contributed by atoms with Gasteiger partial charge in [-0.25, -0.2) is 9.97 Å². The third-order valence-corrected chi connectivity index (χ3v) is 4.59. The number of methoxy groups -OCH3 is 1. The van der Waals surface area contributed by atoms with E-state index >= 15 is 0 Å². The maximum absolute atomic E-state index is 13.0. The lowest BCUT2D eigenvalue weighted by molar-refractivity contribution is -0.120. The molecular formula is C19H25N5O2. The van der Waals surface area contributed by atoms with Crippen molar-refractivity contribution in [1.29, 1.82) is 0 Å². The molecule has 0 saturated carbocycles. The first kappa shape index (κ1) is 18.1. The molecule has 1 aliphatic heterocycles. The Balaban J connectivity index is 1.83. The molecule has 0 spiro atoms. The predicted octanol–water partition coefficient (Wildman–Crippen LogP) is 1.54. The number of anilines is 2. The largest absolute Gasteiger partial charge is 0.497 e. The van der Waals surface area contributed by atoms with Crippen LogP contribution < -0.4 is 20.3 Å². The molecule has 138 valence electrons. The first-order valence-electron chi connectivity index (χ1n) is 8.80. The van der Waals surface area contributed by atoms with Crippen LogP contribution in [0.25, 0.3) is 0 Å². The number of ether oxygens (including phenoxy) is 1. The zero-order chi connectivity index (χ0) is 18.7. The van der Waals surface area contributed by atoms with Gasteiger partial charge in [0, 0.05) is 43.0 Å². The van der Waals surface area contributed by atoms with Gasteiger partial charge in [-0.3, -0.25) is 4.79 Å². The molecule has 1 saturated heterocycles. The Morgan fingerprint density at radius 3 is 2.81 bits per heavy atom. The summed E-state index contributed by atoms with van der Waals surface area (Å²) in [6.45, 7) is 5.60. The van der Waals surface area contributed by atoms with E-state index in [0.717, 1.165) is 22.9 Å². The highest BCUT2D eigenvalue weighted by atomic mass is 16.5. The average molecular weight is 355 g/mol. The minimum Gasteiger partial charge on any atom is -0.497 e. The Bertz CT molecular complexity index is 795. The van der Waals surface area contributed by atoms with Gasteiger partial charge in [-0.2, -0.15) is 0 Å². The molecule has 1 amide bonds. The van der Waals surface area contributed by atoms with Crippen LogP contribution in [-0.2, 0) is 11.2 Å². The van der Waals surface area contributed by atoms with Gasteiger partial charge in [-0.15, -0.1) is 0 Å². The number of rotatable bonds is 5. The molecule has 1 aliphatic rings. The summed E-state index contributed by atoms with van der Waals surface area (Å²) < 4.78 is 5.27. The van der Waals surface area contributed by atoms with Crippen LogP contribution in [0, 0.1) is 6.92 Å². The van der Waals surface area contributed by atoms with E-state index < -0.39 is 0 Å². The molecule has 0 radical (unpaired) electrons. The Kier molecular flexibility index (Phi) is 5.37. The average Bonchev–Trinajstić information content (AvgIpc) is 2.63. The molecule has 2 N–H and O–H groups in total. The number of hydrogen-bond donors (Lipinski definition) is 1. The van der Waals surface area contributed by atoms with E-state index in [4.69, 9.17) is 10.5 Å². The van der Waals surface area contributed by atoms with Gasteiger partial charge >= 0.3 is 0 Å². The van der Waals surface area contributed by atoms with Gasteiger partial charge in [-0.1, -0.05) is 6.07 Å². The number of nitrogens with two attached hydrogens (primary N) is 1. The Morgan fingerprint density at radius 2 is 2.08 bits per heavy atom. The lowest BCUT2D eigenvalue weighted by Crippen LogP contribution is -2.56. The summed E-state index contributed by atoms with van der Waals surface area (Å²) >= 11 is 0. The Labute approximate surface area is 153 Å². The molecule has 2 heterocycles. The third-order valence-electron chi connectivity index (χ3n) is 4.59. The second kappa shape index (κ2) is 7.70. The van der Waals surface area contributed by atoms with Gasteiger partial charge in [0.05, 0.1) is 7.11 Å². The van der Waals surface area contributed by atoms with Crippen LogP contribution in [0.4, 0.5) is 11.5 Å². The van der Waals surface area contributed by atoms with Crippen molar-refractivity contribution in [2.45, 2.75) is 26.3 Å². The Morgan fingerprint density at radius 1 is 1.27 bits per heavy atom. The number of aromatic nitrogens is 2. The molecule has 1 fully saturated rings. The smallest absolute Gasteiger partial charge is 0.249 e. The van der Waals surface area contributed by atoms with Crippen molar-refractivity contribution in [3.63, 3.8) is 0 Å². The summed E-state index contributed by atoms with van der Waals surface area (Å²) in [5.74, 6) is 2.26. The van der Waals surface area contributed by atoms with Crippen LogP contribution in [0.3, 0.4) is 0 Å². The van der Waals surface area contributed by atoms with E-state index in [9.17, 15) is 4.79 Å². The summed E-state index contributed by atoms with van der Waals surface area (Å²) in [6.07, 6.45) is 0.697. The molecule has 0 bridgehead atoms. The second-order valence-corrected chi connectivity index (χ2v) is 6.36. The third kappa shape index (κ3) is 3.62. The van der Waals surface area contributed by atoms with E-state index in [1.54, 1.807) is 12.0 Å². The lowest BCUT2D eigenvalue weighted by atomic mass is 10.1. The van der Waals surface area contributed by atoms with Gasteiger partial charge in [-0.05, 0) is 32.5 Å². The maximum atomic E-state index is 13.0. The van der Waals surface area contributed by atoms with Crippen molar-refractivity contribution < 1.29 is 9.53 Å². The SMILES string of the molecule is COc1cccc(N2CCN(c3cc(CCN)nc(C)n3)[C@H](C)C2=O)c1. The first-order chi connectivity index (χ1) is 12.5. The predicted molar refractivity (Wildman–Crippen MR) is 102 cm³/mol. The molecule has 1 aromatic heterocycles. The number of benzene rings is 1. The van der Waals surface area contributed by atoms with Crippen molar-refractivity contribution in [3.8, 4) is 5.75 Å². The molecule has 0 aliphatic carbocycles. The fraction of sp³-hybridized carbons (Fsp3) is 0.421. The number of carbonyl (C=O) groups is 1. The molecule has 1 aromatic carbocycles. The van der Waals surface area contributed by atoms with Gasteiger partial charge in [0.1, 0.15) is 23.4 Å². The topological polar surface area (TPSA) is 84.6 Å². The zero-order valence-corrected chi connectivity index (χ0v) is 15.5. The fourth-order valence-corrected chi connectivity index (χ4v) is 3.25. The maximum Gasteiger partial charge on any atom is 0.249 e. The van der Waals surface area contributed by atoms with Crippen LogP contribution in [0.2, 0.25) is 0 Å². The number of amides is 1. The molecule has 7 heteroatoms. The summed E-state index contributed by atoms with van der Waals surface area (Å²) in [5, 5.41) is 0. The molecule has 26 heavy (non-hydrogen) atoms. The van der Waals surface area contributed by atoms with E-state index in [1.165, 1.54) is 0 Å². The second-order valence-electron chi connectivity index (χ2n) is 6.36. The van der Waals surface area contributed by atoms with E-state index in [2.05, 4.69) is 9.97 Å². The summed E-state index contributed by atoms with van der Waals surface area (Å²) in [4.78, 5) is 25.8. The summed E-state index contributed by atoms with van der Waals surface area (Å²) in [7, 11) is 1.62. The molecular weight excluding hydrogens is 330 g/mol. The summed E-state index contributed by atoms with van der Waals surface area (Å²) in [6, 6.07) is 9.20. The number of aryl methyl sites for hydroxylation is 1. The van der Waals surface area contributed by atoms with Crippen LogP contribution in [0.5, 0.6) is 5.75 Å². The van der Waals surface area contributed by atoms with Crippen molar-refractivity contribution >= 4 is 17.4 Å². The molecule has 7 nitrogen and oxygen atoms in total. The van der Waals surface area contributed by atoms with Crippen molar-refractivity contribution in [2.75, 3.05) is 36.5 Å². The van der Waals surface area contributed by atoms with Gasteiger partial charge in [0.2, 0.25) is 5.91 Å².